The molecule has 0 atom stereocenters. The van der Waals surface area contributed by atoms with Crippen LogP contribution in [0.4, 0.5) is 0 Å². The second-order valence-corrected chi connectivity index (χ2v) is 4.69. The van der Waals surface area contributed by atoms with Crippen LogP contribution in [0.1, 0.15) is 44.1 Å². The Kier molecular flexibility index (Phi) is 5.46. The molecule has 0 aliphatic rings. The summed E-state index contributed by atoms with van der Waals surface area (Å²) in [5, 5.41) is 12.7. The topological polar surface area (TPSA) is 67.0 Å². The van der Waals surface area contributed by atoms with Crippen molar-refractivity contribution < 1.29 is 9.47 Å². The molecule has 116 valence electrons. The molecule has 2 aromatic rings. The van der Waals surface area contributed by atoms with E-state index >= 15 is 0 Å². The molecule has 2 rings (SSSR count). The molecule has 0 aliphatic heterocycles. The maximum absolute atomic E-state index is 5.52. The van der Waals surface area contributed by atoms with E-state index < -0.39 is 6.29 Å². The predicted octanol–water partition coefficient (Wildman–Crippen LogP) is 1.69. The van der Waals surface area contributed by atoms with Crippen molar-refractivity contribution in [1.82, 2.24) is 24.8 Å². The summed E-state index contributed by atoms with van der Waals surface area (Å²) in [6, 6.07) is 2.09. The first-order chi connectivity index (χ1) is 10.2. The highest BCUT2D eigenvalue weighted by Crippen LogP contribution is 2.16. The molecule has 0 saturated carbocycles. The van der Waals surface area contributed by atoms with Gasteiger partial charge in [-0.3, -0.25) is 4.68 Å². The second kappa shape index (κ2) is 7.33. The molecule has 0 spiro atoms. The summed E-state index contributed by atoms with van der Waals surface area (Å²) in [6.07, 6.45) is 2.33. The molecule has 0 fully saturated rings. The SMILES string of the molecule is CCOC(OCC)c1cn(Cc2cc(CC)nn2C)nn1. The third kappa shape index (κ3) is 3.89. The minimum absolute atomic E-state index is 0.452. The Balaban J connectivity index is 2.09. The molecule has 0 saturated heterocycles. The molecule has 0 bridgehead atoms. The van der Waals surface area contributed by atoms with E-state index in [-0.39, 0.29) is 0 Å². The smallest absolute Gasteiger partial charge is 0.204 e. The first kappa shape index (κ1) is 15.7. The van der Waals surface area contributed by atoms with E-state index in [4.69, 9.17) is 9.47 Å². The van der Waals surface area contributed by atoms with E-state index in [0.717, 1.165) is 17.8 Å². The van der Waals surface area contributed by atoms with Gasteiger partial charge in [-0.15, -0.1) is 5.10 Å². The van der Waals surface area contributed by atoms with Crippen LogP contribution in [-0.2, 0) is 29.5 Å². The molecule has 0 radical (unpaired) electrons. The number of hydrogen-bond acceptors (Lipinski definition) is 5. The van der Waals surface area contributed by atoms with E-state index in [1.165, 1.54) is 0 Å². The first-order valence-electron chi connectivity index (χ1n) is 7.32. The fourth-order valence-corrected chi connectivity index (χ4v) is 2.08. The van der Waals surface area contributed by atoms with E-state index in [2.05, 4.69) is 28.4 Å². The molecule has 0 N–H and O–H groups in total. The van der Waals surface area contributed by atoms with Gasteiger partial charge in [0.25, 0.3) is 0 Å². The van der Waals surface area contributed by atoms with Crippen molar-refractivity contribution in [1.29, 1.82) is 0 Å². The lowest BCUT2D eigenvalue weighted by Crippen LogP contribution is -2.09. The van der Waals surface area contributed by atoms with E-state index in [1.807, 2.05) is 31.8 Å². The second-order valence-electron chi connectivity index (χ2n) is 4.69. The molecule has 7 nitrogen and oxygen atoms in total. The lowest BCUT2D eigenvalue weighted by Gasteiger charge is -2.13. The Bertz CT molecular complexity index is 557. The maximum Gasteiger partial charge on any atom is 0.204 e. The van der Waals surface area contributed by atoms with Crippen molar-refractivity contribution in [3.8, 4) is 0 Å². The summed E-state index contributed by atoms with van der Waals surface area (Å²) in [5.74, 6) is 0. The lowest BCUT2D eigenvalue weighted by atomic mass is 10.3. The van der Waals surface area contributed by atoms with Crippen LogP contribution >= 0.6 is 0 Å². The molecular weight excluding hydrogens is 270 g/mol. The van der Waals surface area contributed by atoms with Gasteiger partial charge in [-0.25, -0.2) is 4.68 Å². The van der Waals surface area contributed by atoms with Gasteiger partial charge in [-0.1, -0.05) is 12.1 Å². The molecule has 0 aromatic carbocycles. The van der Waals surface area contributed by atoms with Crippen molar-refractivity contribution >= 4 is 0 Å². The van der Waals surface area contributed by atoms with Crippen LogP contribution in [0.5, 0.6) is 0 Å². The van der Waals surface area contributed by atoms with Gasteiger partial charge >= 0.3 is 0 Å². The van der Waals surface area contributed by atoms with E-state index in [0.29, 0.717) is 25.5 Å². The van der Waals surface area contributed by atoms with Gasteiger partial charge in [0.15, 0.2) is 0 Å². The monoisotopic (exact) mass is 293 g/mol. The van der Waals surface area contributed by atoms with Crippen LogP contribution in [0.3, 0.4) is 0 Å². The van der Waals surface area contributed by atoms with Gasteiger partial charge in [0.2, 0.25) is 6.29 Å². The third-order valence-electron chi connectivity index (χ3n) is 3.15. The van der Waals surface area contributed by atoms with Gasteiger partial charge in [0.1, 0.15) is 5.69 Å². The summed E-state index contributed by atoms with van der Waals surface area (Å²) in [5.41, 5.74) is 2.86. The normalized spacial score (nSPS) is 11.5. The Labute approximate surface area is 124 Å². The molecule has 0 aliphatic carbocycles. The van der Waals surface area contributed by atoms with Gasteiger partial charge in [-0.05, 0) is 26.3 Å². The highest BCUT2D eigenvalue weighted by Gasteiger charge is 2.16. The molecule has 2 aromatic heterocycles. The van der Waals surface area contributed by atoms with Crippen LogP contribution < -0.4 is 0 Å². The van der Waals surface area contributed by atoms with Crippen LogP contribution in [0.25, 0.3) is 0 Å². The molecule has 2 heterocycles. The van der Waals surface area contributed by atoms with E-state index in [1.54, 1.807) is 4.68 Å². The number of rotatable bonds is 8. The number of hydrogen-bond donors (Lipinski definition) is 0. The zero-order valence-corrected chi connectivity index (χ0v) is 13.1. The fraction of sp³-hybridized carbons (Fsp3) is 0.643. The van der Waals surface area contributed by atoms with Crippen molar-refractivity contribution in [3.05, 3.63) is 29.3 Å². The Morgan fingerprint density at radius 3 is 2.48 bits per heavy atom. The Morgan fingerprint density at radius 2 is 1.90 bits per heavy atom. The van der Waals surface area contributed by atoms with Crippen molar-refractivity contribution in [2.24, 2.45) is 7.05 Å². The summed E-state index contributed by atoms with van der Waals surface area (Å²) < 4.78 is 14.7. The average Bonchev–Trinajstić information content (AvgIpc) is 3.07. The maximum atomic E-state index is 5.52. The highest BCUT2D eigenvalue weighted by atomic mass is 16.7. The number of ether oxygens (including phenoxy) is 2. The standard InChI is InChI=1S/C14H23N5O2/c1-5-11-8-12(18(4)16-11)9-19-10-13(15-17-19)14(20-6-2)21-7-3/h8,10,14H,5-7,9H2,1-4H3. The zero-order chi connectivity index (χ0) is 15.2. The van der Waals surface area contributed by atoms with Crippen LogP contribution in [0.15, 0.2) is 12.3 Å². The average molecular weight is 293 g/mol. The fourth-order valence-electron chi connectivity index (χ4n) is 2.08. The van der Waals surface area contributed by atoms with Crippen molar-refractivity contribution in [2.75, 3.05) is 13.2 Å². The van der Waals surface area contributed by atoms with Crippen LogP contribution in [0, 0.1) is 0 Å². The van der Waals surface area contributed by atoms with Crippen molar-refractivity contribution in [2.45, 2.75) is 40.0 Å². The predicted molar refractivity (Wildman–Crippen MR) is 77.7 cm³/mol. The zero-order valence-electron chi connectivity index (χ0n) is 13.1. The molecule has 7 heteroatoms. The summed E-state index contributed by atoms with van der Waals surface area (Å²) in [6.45, 7) is 7.71. The van der Waals surface area contributed by atoms with Gasteiger partial charge in [-0.2, -0.15) is 5.10 Å². The van der Waals surface area contributed by atoms with Gasteiger partial charge in [0, 0.05) is 20.3 Å². The van der Waals surface area contributed by atoms with E-state index in [9.17, 15) is 0 Å². The van der Waals surface area contributed by atoms with Crippen LogP contribution in [0.2, 0.25) is 0 Å². The molecule has 0 amide bonds. The number of aromatic nitrogens is 5. The molecule has 21 heavy (non-hydrogen) atoms. The highest BCUT2D eigenvalue weighted by molar-refractivity contribution is 5.10. The summed E-state index contributed by atoms with van der Waals surface area (Å²) in [4.78, 5) is 0. The van der Waals surface area contributed by atoms with Gasteiger partial charge in [0.05, 0.1) is 24.1 Å². The van der Waals surface area contributed by atoms with Crippen LogP contribution in [-0.4, -0.2) is 38.0 Å². The molecular formula is C14H23N5O2. The number of nitrogens with zero attached hydrogens (tertiary/aromatic N) is 5. The minimum atomic E-state index is -0.452. The summed E-state index contributed by atoms with van der Waals surface area (Å²) >= 11 is 0. The number of aryl methyl sites for hydroxylation is 2. The Morgan fingerprint density at radius 1 is 1.19 bits per heavy atom. The largest absolute Gasteiger partial charge is 0.347 e. The van der Waals surface area contributed by atoms with Crippen molar-refractivity contribution in [3.63, 3.8) is 0 Å². The first-order valence-corrected chi connectivity index (χ1v) is 7.32. The third-order valence-corrected chi connectivity index (χ3v) is 3.15. The Hall–Kier alpha value is -1.73. The lowest BCUT2D eigenvalue weighted by molar-refractivity contribution is -0.142. The van der Waals surface area contributed by atoms with Gasteiger partial charge < -0.3 is 9.47 Å². The molecule has 0 unspecified atom stereocenters. The quantitative estimate of drug-likeness (QED) is 0.693. The minimum Gasteiger partial charge on any atom is -0.347 e. The summed E-state index contributed by atoms with van der Waals surface area (Å²) in [7, 11) is 1.94.